The maximum atomic E-state index is 13.6. The standard InChI is InChI=1S/C17H19F2N5O2.ClH/c1-9(25)22-15-3-13(18)14(19)4-16(15)23-17(26)12-7-20-6-11(12)10-5-21-24(2)8-10;/h3-5,8,11-12,20H,6-7H2,1-2H3,(H,22,25)(H,23,26);1H/t11-,12+;/m1./s1. The number of hydrogen-bond donors (Lipinski definition) is 3. The number of anilines is 2. The van der Waals surface area contributed by atoms with Gasteiger partial charge < -0.3 is 16.0 Å². The topological polar surface area (TPSA) is 88.1 Å². The van der Waals surface area contributed by atoms with Crippen LogP contribution in [0.1, 0.15) is 18.4 Å². The third kappa shape index (κ3) is 4.61. The van der Waals surface area contributed by atoms with E-state index in [1.54, 1.807) is 17.9 Å². The number of carbonyl (C=O) groups is 2. The second-order valence-electron chi connectivity index (χ2n) is 6.30. The molecule has 1 aromatic carbocycles. The van der Waals surface area contributed by atoms with E-state index in [4.69, 9.17) is 0 Å². The highest BCUT2D eigenvalue weighted by Gasteiger charge is 2.35. The van der Waals surface area contributed by atoms with E-state index in [2.05, 4.69) is 21.0 Å². The highest BCUT2D eigenvalue weighted by Crippen LogP contribution is 2.31. The highest BCUT2D eigenvalue weighted by molar-refractivity contribution is 6.00. The number of aryl methyl sites for hydroxylation is 1. The number of amides is 2. The third-order valence-corrected chi connectivity index (χ3v) is 4.33. The van der Waals surface area contributed by atoms with Crippen LogP contribution in [0.4, 0.5) is 20.2 Å². The molecular weight excluding hydrogens is 380 g/mol. The fourth-order valence-corrected chi connectivity index (χ4v) is 3.10. The van der Waals surface area contributed by atoms with Crippen LogP contribution in [0.3, 0.4) is 0 Å². The van der Waals surface area contributed by atoms with Gasteiger partial charge in [-0.25, -0.2) is 8.78 Å². The molecule has 2 heterocycles. The predicted molar refractivity (Wildman–Crippen MR) is 98.8 cm³/mol. The number of hydrogen-bond acceptors (Lipinski definition) is 4. The third-order valence-electron chi connectivity index (χ3n) is 4.33. The molecule has 0 bridgehead atoms. The minimum absolute atomic E-state index is 0. The monoisotopic (exact) mass is 399 g/mol. The molecule has 0 spiro atoms. The van der Waals surface area contributed by atoms with Crippen molar-refractivity contribution >= 4 is 35.6 Å². The largest absolute Gasteiger partial charge is 0.324 e. The molecule has 27 heavy (non-hydrogen) atoms. The lowest BCUT2D eigenvalue weighted by Crippen LogP contribution is -2.28. The van der Waals surface area contributed by atoms with Crippen LogP contribution < -0.4 is 16.0 Å². The first-order valence-electron chi connectivity index (χ1n) is 8.12. The highest BCUT2D eigenvalue weighted by atomic mass is 35.5. The fourth-order valence-electron chi connectivity index (χ4n) is 3.10. The molecule has 146 valence electrons. The van der Waals surface area contributed by atoms with Gasteiger partial charge in [-0.1, -0.05) is 0 Å². The first-order chi connectivity index (χ1) is 12.3. The smallest absolute Gasteiger partial charge is 0.229 e. The molecule has 0 radical (unpaired) electrons. The summed E-state index contributed by atoms with van der Waals surface area (Å²) in [5.41, 5.74) is 0.944. The van der Waals surface area contributed by atoms with Crippen molar-refractivity contribution in [1.82, 2.24) is 15.1 Å². The number of nitrogens with zero attached hydrogens (tertiary/aromatic N) is 2. The molecule has 3 rings (SSSR count). The number of carbonyl (C=O) groups excluding carboxylic acids is 2. The maximum absolute atomic E-state index is 13.6. The second kappa shape index (κ2) is 8.45. The number of rotatable bonds is 4. The molecule has 0 aliphatic carbocycles. The Kier molecular flexibility index (Phi) is 6.50. The van der Waals surface area contributed by atoms with Crippen LogP contribution in [0.2, 0.25) is 0 Å². The summed E-state index contributed by atoms with van der Waals surface area (Å²) in [5.74, 6) is -3.51. The van der Waals surface area contributed by atoms with Crippen LogP contribution in [0, 0.1) is 17.6 Å². The van der Waals surface area contributed by atoms with Gasteiger partial charge in [0.15, 0.2) is 11.6 Å². The lowest BCUT2D eigenvalue weighted by Gasteiger charge is -2.18. The lowest BCUT2D eigenvalue weighted by atomic mass is 9.90. The molecule has 1 aromatic heterocycles. The van der Waals surface area contributed by atoms with Crippen molar-refractivity contribution < 1.29 is 18.4 Å². The zero-order chi connectivity index (χ0) is 18.8. The number of nitrogens with one attached hydrogen (secondary N) is 3. The van der Waals surface area contributed by atoms with E-state index in [9.17, 15) is 18.4 Å². The fraction of sp³-hybridized carbons (Fsp3) is 0.353. The quantitative estimate of drug-likeness (QED) is 0.734. The molecule has 0 unspecified atom stereocenters. The summed E-state index contributed by atoms with van der Waals surface area (Å²) in [5, 5.41) is 12.3. The molecule has 1 saturated heterocycles. The number of halogens is 3. The summed E-state index contributed by atoms with van der Waals surface area (Å²) in [7, 11) is 1.79. The van der Waals surface area contributed by atoms with Crippen LogP contribution >= 0.6 is 12.4 Å². The summed E-state index contributed by atoms with van der Waals surface area (Å²) in [6.45, 7) is 2.30. The van der Waals surface area contributed by atoms with Gasteiger partial charge in [-0.2, -0.15) is 5.10 Å². The van der Waals surface area contributed by atoms with Crippen molar-refractivity contribution in [2.45, 2.75) is 12.8 Å². The van der Waals surface area contributed by atoms with Gasteiger partial charge in [0.1, 0.15) is 0 Å². The Balaban J connectivity index is 0.00000261. The van der Waals surface area contributed by atoms with Gasteiger partial charge in [0.25, 0.3) is 0 Å². The van der Waals surface area contributed by atoms with Crippen molar-refractivity contribution in [3.63, 3.8) is 0 Å². The van der Waals surface area contributed by atoms with Crippen molar-refractivity contribution in [2.24, 2.45) is 13.0 Å². The zero-order valence-corrected chi connectivity index (χ0v) is 15.6. The molecule has 7 nitrogen and oxygen atoms in total. The average Bonchev–Trinajstić information content (AvgIpc) is 3.20. The molecule has 10 heteroatoms. The van der Waals surface area contributed by atoms with Crippen molar-refractivity contribution in [3.8, 4) is 0 Å². The molecular formula is C17H20ClF2N5O2. The average molecular weight is 400 g/mol. The Hall–Kier alpha value is -2.52. The summed E-state index contributed by atoms with van der Waals surface area (Å²) >= 11 is 0. The summed E-state index contributed by atoms with van der Waals surface area (Å²) < 4.78 is 28.7. The number of benzene rings is 1. The lowest BCUT2D eigenvalue weighted by molar-refractivity contribution is -0.119. The molecule has 1 aliphatic rings. The number of aromatic nitrogens is 2. The van der Waals surface area contributed by atoms with Crippen LogP contribution in [-0.4, -0.2) is 34.7 Å². The zero-order valence-electron chi connectivity index (χ0n) is 14.8. The van der Waals surface area contributed by atoms with E-state index in [0.29, 0.717) is 13.1 Å². The predicted octanol–water partition coefficient (Wildman–Crippen LogP) is 2.02. The Labute approximate surface area is 160 Å². The minimum Gasteiger partial charge on any atom is -0.324 e. The molecule has 1 fully saturated rings. The Morgan fingerprint density at radius 3 is 2.37 bits per heavy atom. The molecule has 2 amide bonds. The van der Waals surface area contributed by atoms with E-state index in [-0.39, 0.29) is 35.6 Å². The first kappa shape index (κ1) is 20.8. The van der Waals surface area contributed by atoms with E-state index < -0.39 is 23.5 Å². The molecule has 1 aliphatic heterocycles. The van der Waals surface area contributed by atoms with Gasteiger partial charge >= 0.3 is 0 Å². The second-order valence-corrected chi connectivity index (χ2v) is 6.30. The maximum Gasteiger partial charge on any atom is 0.229 e. The summed E-state index contributed by atoms with van der Waals surface area (Å²) in [6, 6.07) is 1.71. The van der Waals surface area contributed by atoms with Gasteiger partial charge in [-0.15, -0.1) is 12.4 Å². The van der Waals surface area contributed by atoms with Crippen molar-refractivity contribution in [1.29, 1.82) is 0 Å². The van der Waals surface area contributed by atoms with Gasteiger partial charge in [-0.05, 0) is 5.56 Å². The van der Waals surface area contributed by atoms with Gasteiger partial charge in [0.2, 0.25) is 11.8 Å². The molecule has 0 saturated carbocycles. The Bertz CT molecular complexity index is 858. The van der Waals surface area contributed by atoms with Crippen LogP contribution in [0.5, 0.6) is 0 Å². The van der Waals surface area contributed by atoms with Crippen LogP contribution in [0.15, 0.2) is 24.5 Å². The summed E-state index contributed by atoms with van der Waals surface area (Å²) in [6.07, 6.45) is 3.55. The molecule has 2 aromatic rings. The van der Waals surface area contributed by atoms with Gasteiger partial charge in [0.05, 0.1) is 23.5 Å². The van der Waals surface area contributed by atoms with Crippen molar-refractivity contribution in [2.75, 3.05) is 23.7 Å². The Morgan fingerprint density at radius 2 is 1.81 bits per heavy atom. The van der Waals surface area contributed by atoms with E-state index in [0.717, 1.165) is 17.7 Å². The van der Waals surface area contributed by atoms with E-state index >= 15 is 0 Å². The van der Waals surface area contributed by atoms with Gasteiger partial charge in [-0.3, -0.25) is 14.3 Å². The molecule has 3 N–H and O–H groups in total. The summed E-state index contributed by atoms with van der Waals surface area (Å²) in [4.78, 5) is 24.0. The van der Waals surface area contributed by atoms with Crippen molar-refractivity contribution in [3.05, 3.63) is 41.7 Å². The molecule has 2 atom stereocenters. The van der Waals surface area contributed by atoms with Crippen LogP contribution in [0.25, 0.3) is 0 Å². The normalized spacial score (nSPS) is 18.7. The van der Waals surface area contributed by atoms with Gasteiger partial charge in [0, 0.05) is 51.3 Å². The first-order valence-corrected chi connectivity index (χ1v) is 8.12. The van der Waals surface area contributed by atoms with E-state index in [1.165, 1.54) is 6.92 Å². The van der Waals surface area contributed by atoms with E-state index in [1.807, 2.05) is 6.20 Å². The Morgan fingerprint density at radius 1 is 1.19 bits per heavy atom. The minimum atomic E-state index is -1.11. The van der Waals surface area contributed by atoms with Crippen LogP contribution in [-0.2, 0) is 16.6 Å². The SMILES string of the molecule is CC(=O)Nc1cc(F)c(F)cc1NC(=O)[C@H]1CNC[C@@H]1c1cnn(C)c1.Cl.